The molecule has 1 saturated heterocycles. The van der Waals surface area contributed by atoms with Crippen molar-refractivity contribution in [2.75, 3.05) is 12.3 Å². The van der Waals surface area contributed by atoms with Gasteiger partial charge in [0.1, 0.15) is 30.1 Å². The number of hydrogen-bond acceptors (Lipinski definition) is 14. The van der Waals surface area contributed by atoms with Gasteiger partial charge in [0.2, 0.25) is 0 Å². The van der Waals surface area contributed by atoms with E-state index in [2.05, 4.69) is 33.2 Å². The van der Waals surface area contributed by atoms with Gasteiger partial charge in [-0.15, -0.1) is 0 Å². The van der Waals surface area contributed by atoms with Gasteiger partial charge in [-0.1, -0.05) is 0 Å². The summed E-state index contributed by atoms with van der Waals surface area (Å²) in [6.07, 6.45) is -1.74. The number of aliphatic hydroxyl groups excluding tert-OH is 1. The summed E-state index contributed by atoms with van der Waals surface area (Å²) in [5.74, 6) is 0.0483. The van der Waals surface area contributed by atoms with E-state index in [0.29, 0.717) is 0 Å². The van der Waals surface area contributed by atoms with Crippen molar-refractivity contribution in [1.29, 1.82) is 5.53 Å². The number of hydrogen-bond donors (Lipinski definition) is 7. The maximum absolute atomic E-state index is 11.9. The minimum Gasteiger partial charge on any atom is -0.386 e. The number of phosphoric ester groups is 1. The highest BCUT2D eigenvalue weighted by atomic mass is 31.3. The van der Waals surface area contributed by atoms with Gasteiger partial charge in [-0.2, -0.15) is 13.7 Å². The lowest BCUT2D eigenvalue weighted by Gasteiger charge is -2.19. The van der Waals surface area contributed by atoms with E-state index in [1.165, 1.54) is 10.9 Å². The number of imidazole rings is 1. The van der Waals surface area contributed by atoms with E-state index in [1.54, 1.807) is 0 Å². The Kier molecular flexibility index (Phi) is 6.93. The smallest absolute Gasteiger partial charge is 0.386 e. The summed E-state index contributed by atoms with van der Waals surface area (Å²) < 4.78 is 52.4. The van der Waals surface area contributed by atoms with Crippen molar-refractivity contribution in [3.8, 4) is 0 Å². The van der Waals surface area contributed by atoms with E-state index in [1.807, 2.05) is 0 Å². The number of nitrogen functional groups attached to an aromatic ring is 1. The predicted octanol–water partition coefficient (Wildman–Crippen LogP) is -0.590. The van der Waals surface area contributed by atoms with Gasteiger partial charge in [-0.25, -0.2) is 34.2 Å². The molecule has 0 amide bonds. The fourth-order valence-corrected chi connectivity index (χ4v) is 5.81. The molecule has 0 spiro atoms. The van der Waals surface area contributed by atoms with Gasteiger partial charge in [0.25, 0.3) is 0 Å². The summed E-state index contributed by atoms with van der Waals surface area (Å²) in [7, 11) is -16.7. The number of nitrogens with zero attached hydrogens (tertiary/aromatic N) is 5. The van der Waals surface area contributed by atoms with E-state index < -0.39 is 54.6 Å². The number of phosphoric acid groups is 3. The molecule has 0 aromatic carbocycles. The van der Waals surface area contributed by atoms with Crippen LogP contribution in [0.4, 0.5) is 5.82 Å². The van der Waals surface area contributed by atoms with Gasteiger partial charge in [-0.05, 0) is 0 Å². The molecule has 3 rings (SSSR count). The maximum Gasteiger partial charge on any atom is 0.490 e. The number of aliphatic hydroxyl groups is 1. The molecule has 3 heterocycles. The average molecular weight is 519 g/mol. The van der Waals surface area contributed by atoms with Crippen molar-refractivity contribution < 1.29 is 56.3 Å². The molecule has 1 aliphatic heterocycles. The zero-order valence-electron chi connectivity index (χ0n) is 15.4. The van der Waals surface area contributed by atoms with Gasteiger partial charge < -0.3 is 35.2 Å². The van der Waals surface area contributed by atoms with Crippen LogP contribution in [0, 0.1) is 5.53 Å². The Morgan fingerprint density at radius 1 is 1.16 bits per heavy atom. The zero-order valence-corrected chi connectivity index (χ0v) is 18.1. The normalized spacial score (nSPS) is 27.8. The number of anilines is 1. The van der Waals surface area contributed by atoms with Crippen LogP contribution in [0.15, 0.2) is 17.8 Å². The minimum absolute atomic E-state index is 0.0483. The number of ether oxygens (including phenoxy) is 1. The summed E-state index contributed by atoms with van der Waals surface area (Å²) in [5, 5.41) is 13.7. The van der Waals surface area contributed by atoms with Crippen LogP contribution in [0.25, 0.3) is 11.2 Å². The monoisotopic (exact) mass is 519 g/mol. The quantitative estimate of drug-likeness (QED) is 0.161. The second-order valence-electron chi connectivity index (χ2n) is 6.15. The van der Waals surface area contributed by atoms with Crippen LogP contribution >= 0.6 is 23.5 Å². The van der Waals surface area contributed by atoms with Crippen LogP contribution in [0.1, 0.15) is 6.23 Å². The maximum atomic E-state index is 11.9. The van der Waals surface area contributed by atoms with E-state index in [9.17, 15) is 23.7 Å². The summed E-state index contributed by atoms with van der Waals surface area (Å²) >= 11 is 0. The number of rotatable bonds is 9. The van der Waals surface area contributed by atoms with Crippen LogP contribution in [-0.2, 0) is 31.6 Å². The summed E-state index contributed by atoms with van der Waals surface area (Å²) in [6.45, 7) is -0.909. The molecule has 0 aliphatic carbocycles. The second-order valence-corrected chi connectivity index (χ2v) is 10.6. The molecule has 0 bridgehead atoms. The van der Waals surface area contributed by atoms with Crippen LogP contribution in [0.2, 0.25) is 0 Å². The van der Waals surface area contributed by atoms with Crippen LogP contribution in [0.5, 0.6) is 0 Å². The molecule has 22 heteroatoms. The molecule has 6 unspecified atom stereocenters. The molecule has 0 saturated carbocycles. The molecule has 1 aliphatic rings. The van der Waals surface area contributed by atoms with E-state index in [0.717, 1.165) is 6.33 Å². The largest absolute Gasteiger partial charge is 0.490 e. The summed E-state index contributed by atoms with van der Waals surface area (Å²) in [5.41, 5.74) is 13.3. The van der Waals surface area contributed by atoms with Crippen molar-refractivity contribution in [2.45, 2.75) is 24.5 Å². The van der Waals surface area contributed by atoms with Gasteiger partial charge in [-0.3, -0.25) is 9.09 Å². The Labute approximate surface area is 177 Å². The molecular formula is C10H16N7O12P3. The highest BCUT2D eigenvalue weighted by Gasteiger charge is 2.47. The van der Waals surface area contributed by atoms with Gasteiger partial charge in [0.15, 0.2) is 17.7 Å². The third-order valence-electron chi connectivity index (χ3n) is 3.97. The SMILES string of the molecule is N=NC1C(COP(=O)(O)OP(=O)(O)OP(=O)(O)O)OC(n2cnc3c(N)ncnc32)C1O. The van der Waals surface area contributed by atoms with Crippen molar-refractivity contribution in [1.82, 2.24) is 19.5 Å². The standard InChI is InChI=1S/C10H16N7O12P3/c11-8-6-9(14-2-13-8)17(3-15-6)10-7(18)5(16-12)4(27-10)1-26-31(22,23)29-32(24,25)28-30(19,20)21/h2-5,7,10,12,18H,1H2,(H,22,23)(H,24,25)(H2,11,13,14)(H2,19,20,21). The van der Waals surface area contributed by atoms with Gasteiger partial charge in [0.05, 0.1) is 12.9 Å². The lowest BCUT2D eigenvalue weighted by Crippen LogP contribution is -2.32. The highest BCUT2D eigenvalue weighted by Crippen LogP contribution is 2.66. The third kappa shape index (κ3) is 5.60. The van der Waals surface area contributed by atoms with Crippen molar-refractivity contribution >= 4 is 40.4 Å². The zero-order chi connectivity index (χ0) is 23.9. The highest BCUT2D eigenvalue weighted by molar-refractivity contribution is 7.66. The molecule has 0 radical (unpaired) electrons. The molecule has 8 N–H and O–H groups in total. The molecule has 6 atom stereocenters. The van der Waals surface area contributed by atoms with E-state index >= 15 is 0 Å². The van der Waals surface area contributed by atoms with Crippen LogP contribution in [-0.4, -0.2) is 69.1 Å². The van der Waals surface area contributed by atoms with Crippen molar-refractivity contribution in [3.05, 3.63) is 12.7 Å². The molecule has 32 heavy (non-hydrogen) atoms. The first kappa shape index (κ1) is 24.9. The van der Waals surface area contributed by atoms with E-state index in [4.69, 9.17) is 30.7 Å². The Hall–Kier alpha value is -1.72. The van der Waals surface area contributed by atoms with E-state index in [-0.39, 0.29) is 17.0 Å². The van der Waals surface area contributed by atoms with Crippen LogP contribution in [0.3, 0.4) is 0 Å². The first-order chi connectivity index (χ1) is 14.7. The minimum atomic E-state index is -5.71. The van der Waals surface area contributed by atoms with Crippen molar-refractivity contribution in [2.24, 2.45) is 5.11 Å². The Balaban J connectivity index is 1.74. The van der Waals surface area contributed by atoms with Gasteiger partial charge >= 0.3 is 23.5 Å². The third-order valence-corrected chi connectivity index (χ3v) is 7.77. The topological polar surface area (TPSA) is 295 Å². The molecule has 2 aromatic rings. The molecule has 19 nitrogen and oxygen atoms in total. The fourth-order valence-electron chi connectivity index (χ4n) is 2.78. The molecule has 1 fully saturated rings. The molecule has 178 valence electrons. The fraction of sp³-hybridized carbons (Fsp3) is 0.500. The van der Waals surface area contributed by atoms with Crippen LogP contribution < -0.4 is 5.73 Å². The Morgan fingerprint density at radius 2 is 1.84 bits per heavy atom. The average Bonchev–Trinajstić information content (AvgIpc) is 3.18. The Bertz CT molecular complexity index is 1150. The summed E-state index contributed by atoms with van der Waals surface area (Å²) in [6, 6.07) is -1.33. The number of fused-ring (bicyclic) bond motifs is 1. The predicted molar refractivity (Wildman–Crippen MR) is 98.4 cm³/mol. The number of nitrogens with one attached hydrogen (secondary N) is 1. The first-order valence-electron chi connectivity index (χ1n) is 8.14. The summed E-state index contributed by atoms with van der Waals surface area (Å²) in [4.78, 5) is 47.5. The number of nitrogens with two attached hydrogens (primary N) is 1. The lowest BCUT2D eigenvalue weighted by atomic mass is 10.1. The molecular weight excluding hydrogens is 503 g/mol. The number of aromatic nitrogens is 4. The van der Waals surface area contributed by atoms with Gasteiger partial charge in [0, 0.05) is 0 Å². The first-order valence-corrected chi connectivity index (χ1v) is 12.7. The van der Waals surface area contributed by atoms with Crippen molar-refractivity contribution in [3.63, 3.8) is 0 Å². The molecule has 2 aromatic heterocycles. The second kappa shape index (κ2) is 8.90. The Morgan fingerprint density at radius 3 is 2.47 bits per heavy atom. The lowest BCUT2D eigenvalue weighted by molar-refractivity contribution is -0.0482.